The van der Waals surface area contributed by atoms with Gasteiger partial charge >= 0.3 is 0 Å². The van der Waals surface area contributed by atoms with Crippen molar-refractivity contribution in [2.24, 2.45) is 11.7 Å². The summed E-state index contributed by atoms with van der Waals surface area (Å²) < 4.78 is 0. The van der Waals surface area contributed by atoms with Gasteiger partial charge < -0.3 is 15.5 Å². The summed E-state index contributed by atoms with van der Waals surface area (Å²) in [7, 11) is 0. The number of piperazine rings is 1. The first-order valence-electron chi connectivity index (χ1n) is 10.0. The van der Waals surface area contributed by atoms with Gasteiger partial charge in [-0.15, -0.1) is 12.4 Å². The number of amides is 2. The summed E-state index contributed by atoms with van der Waals surface area (Å²) in [5.74, 6) is 1.05. The van der Waals surface area contributed by atoms with Crippen LogP contribution in [0.2, 0.25) is 0 Å². The molecule has 150 valence electrons. The molecular formula is C21H32ClN3O2. The van der Waals surface area contributed by atoms with Crippen molar-refractivity contribution in [1.82, 2.24) is 9.80 Å². The van der Waals surface area contributed by atoms with Gasteiger partial charge in [0.15, 0.2) is 0 Å². The number of halogens is 1. The van der Waals surface area contributed by atoms with Crippen LogP contribution in [0.4, 0.5) is 0 Å². The van der Waals surface area contributed by atoms with E-state index in [9.17, 15) is 9.59 Å². The molecule has 0 radical (unpaired) electrons. The van der Waals surface area contributed by atoms with Crippen LogP contribution in [-0.4, -0.2) is 47.8 Å². The molecule has 27 heavy (non-hydrogen) atoms. The van der Waals surface area contributed by atoms with Crippen LogP contribution in [0.5, 0.6) is 0 Å². The Morgan fingerprint density at radius 2 is 1.52 bits per heavy atom. The molecule has 1 aliphatic heterocycles. The molecule has 1 heterocycles. The second-order valence-corrected chi connectivity index (χ2v) is 7.62. The quantitative estimate of drug-likeness (QED) is 0.835. The Morgan fingerprint density at radius 1 is 0.926 bits per heavy atom. The van der Waals surface area contributed by atoms with Gasteiger partial charge in [-0.1, -0.05) is 44.2 Å². The summed E-state index contributed by atoms with van der Waals surface area (Å²) in [6.07, 6.45) is 8.29. The van der Waals surface area contributed by atoms with Crippen LogP contribution in [-0.2, 0) is 11.3 Å². The molecular weight excluding hydrogens is 362 g/mol. The standard InChI is InChI=1S/C21H31N3O2.ClH/c22-16-18-6-9-19(10-7-18)21(26)24-14-12-23(13-15-24)20(25)11-8-17-4-2-1-3-5-17;/h6-7,9-10,17H,1-5,8,11-16,22H2;1H. The largest absolute Gasteiger partial charge is 0.339 e. The molecule has 1 saturated carbocycles. The maximum atomic E-state index is 12.6. The Kier molecular flexibility index (Phi) is 8.58. The SMILES string of the molecule is Cl.NCc1ccc(C(=O)N2CCN(C(=O)CCC3CCCCC3)CC2)cc1. The molecule has 0 spiro atoms. The number of nitrogens with two attached hydrogens (primary N) is 1. The minimum Gasteiger partial charge on any atom is -0.339 e. The van der Waals surface area contributed by atoms with Crippen LogP contribution in [0.3, 0.4) is 0 Å². The molecule has 2 fully saturated rings. The van der Waals surface area contributed by atoms with Crippen LogP contribution in [0.1, 0.15) is 60.9 Å². The van der Waals surface area contributed by atoms with E-state index in [0.29, 0.717) is 44.7 Å². The zero-order chi connectivity index (χ0) is 18.4. The summed E-state index contributed by atoms with van der Waals surface area (Å²) in [6.45, 7) is 3.02. The van der Waals surface area contributed by atoms with E-state index in [1.54, 1.807) is 0 Å². The molecule has 6 heteroatoms. The predicted octanol–water partition coefficient (Wildman–Crippen LogP) is 3.21. The van der Waals surface area contributed by atoms with Gasteiger partial charge in [0.1, 0.15) is 0 Å². The van der Waals surface area contributed by atoms with Gasteiger partial charge in [-0.2, -0.15) is 0 Å². The first kappa shape index (κ1) is 21.7. The zero-order valence-corrected chi connectivity index (χ0v) is 16.9. The lowest BCUT2D eigenvalue weighted by atomic mass is 9.86. The molecule has 2 amide bonds. The highest BCUT2D eigenvalue weighted by Gasteiger charge is 2.25. The van der Waals surface area contributed by atoms with E-state index in [2.05, 4.69) is 0 Å². The first-order valence-corrected chi connectivity index (χ1v) is 10.0. The highest BCUT2D eigenvalue weighted by atomic mass is 35.5. The first-order chi connectivity index (χ1) is 12.7. The average Bonchev–Trinajstić information content (AvgIpc) is 2.72. The fourth-order valence-electron chi connectivity index (χ4n) is 4.09. The van der Waals surface area contributed by atoms with E-state index >= 15 is 0 Å². The predicted molar refractivity (Wildman–Crippen MR) is 110 cm³/mol. The van der Waals surface area contributed by atoms with Crippen molar-refractivity contribution in [2.45, 2.75) is 51.5 Å². The summed E-state index contributed by atoms with van der Waals surface area (Å²) >= 11 is 0. The second kappa shape index (κ2) is 10.7. The molecule has 2 aliphatic rings. The maximum Gasteiger partial charge on any atom is 0.253 e. The average molecular weight is 394 g/mol. The van der Waals surface area contributed by atoms with Crippen molar-refractivity contribution < 1.29 is 9.59 Å². The normalized spacial score (nSPS) is 18.1. The molecule has 1 saturated heterocycles. The van der Waals surface area contributed by atoms with E-state index in [4.69, 9.17) is 5.73 Å². The molecule has 1 aromatic carbocycles. The van der Waals surface area contributed by atoms with Crippen molar-refractivity contribution >= 4 is 24.2 Å². The number of hydrogen-bond acceptors (Lipinski definition) is 3. The van der Waals surface area contributed by atoms with Crippen molar-refractivity contribution in [3.8, 4) is 0 Å². The Labute approximate surface area is 168 Å². The van der Waals surface area contributed by atoms with E-state index in [0.717, 1.165) is 17.9 Å². The van der Waals surface area contributed by atoms with E-state index < -0.39 is 0 Å². The molecule has 2 N–H and O–H groups in total. The Hall–Kier alpha value is -1.59. The number of nitrogens with zero attached hydrogens (tertiary/aromatic N) is 2. The number of carbonyl (C=O) groups is 2. The highest BCUT2D eigenvalue weighted by molar-refractivity contribution is 5.94. The van der Waals surface area contributed by atoms with Crippen molar-refractivity contribution in [2.75, 3.05) is 26.2 Å². The lowest BCUT2D eigenvalue weighted by molar-refractivity contribution is -0.133. The lowest BCUT2D eigenvalue weighted by Crippen LogP contribution is -2.50. The molecule has 1 aliphatic carbocycles. The monoisotopic (exact) mass is 393 g/mol. The van der Waals surface area contributed by atoms with Crippen LogP contribution in [0, 0.1) is 5.92 Å². The maximum absolute atomic E-state index is 12.6. The Bertz CT molecular complexity index is 606. The molecule has 0 atom stereocenters. The smallest absolute Gasteiger partial charge is 0.253 e. The summed E-state index contributed by atoms with van der Waals surface area (Å²) in [6, 6.07) is 7.48. The molecule has 0 aromatic heterocycles. The van der Waals surface area contributed by atoms with Gasteiger partial charge in [-0.25, -0.2) is 0 Å². The van der Waals surface area contributed by atoms with E-state index in [-0.39, 0.29) is 24.2 Å². The third kappa shape index (κ3) is 5.94. The van der Waals surface area contributed by atoms with Crippen LogP contribution in [0.15, 0.2) is 24.3 Å². The molecule has 0 bridgehead atoms. The summed E-state index contributed by atoms with van der Waals surface area (Å²) in [5.41, 5.74) is 7.32. The number of rotatable bonds is 5. The lowest BCUT2D eigenvalue weighted by Gasteiger charge is -2.35. The van der Waals surface area contributed by atoms with Crippen LogP contribution >= 0.6 is 12.4 Å². The zero-order valence-electron chi connectivity index (χ0n) is 16.1. The van der Waals surface area contributed by atoms with Crippen molar-refractivity contribution in [3.63, 3.8) is 0 Å². The third-order valence-corrected chi connectivity index (χ3v) is 5.85. The fourth-order valence-corrected chi connectivity index (χ4v) is 4.09. The molecule has 0 unspecified atom stereocenters. The fraction of sp³-hybridized carbons (Fsp3) is 0.619. The number of benzene rings is 1. The summed E-state index contributed by atoms with van der Waals surface area (Å²) in [5, 5.41) is 0. The molecule has 5 nitrogen and oxygen atoms in total. The van der Waals surface area contributed by atoms with E-state index in [1.165, 1.54) is 32.1 Å². The van der Waals surface area contributed by atoms with Gasteiger partial charge in [0.05, 0.1) is 0 Å². The van der Waals surface area contributed by atoms with Crippen molar-refractivity contribution in [3.05, 3.63) is 35.4 Å². The van der Waals surface area contributed by atoms with Crippen molar-refractivity contribution in [1.29, 1.82) is 0 Å². The molecule has 1 aromatic rings. The summed E-state index contributed by atoms with van der Waals surface area (Å²) in [4.78, 5) is 28.9. The van der Waals surface area contributed by atoms with Gasteiger partial charge in [0.2, 0.25) is 5.91 Å². The van der Waals surface area contributed by atoms with Gasteiger partial charge in [-0.3, -0.25) is 9.59 Å². The minimum absolute atomic E-state index is 0. The number of carbonyl (C=O) groups excluding carboxylic acids is 2. The van der Waals surface area contributed by atoms with Gasteiger partial charge in [0, 0.05) is 44.7 Å². The topological polar surface area (TPSA) is 66.6 Å². The van der Waals surface area contributed by atoms with Gasteiger partial charge in [0.25, 0.3) is 5.91 Å². The van der Waals surface area contributed by atoms with Crippen LogP contribution in [0.25, 0.3) is 0 Å². The van der Waals surface area contributed by atoms with Gasteiger partial charge in [-0.05, 0) is 30.0 Å². The third-order valence-electron chi connectivity index (χ3n) is 5.85. The van der Waals surface area contributed by atoms with E-state index in [1.807, 2.05) is 34.1 Å². The van der Waals surface area contributed by atoms with Crippen LogP contribution < -0.4 is 5.73 Å². The molecule has 3 rings (SSSR count). The minimum atomic E-state index is 0. The Morgan fingerprint density at radius 3 is 2.11 bits per heavy atom. The number of hydrogen-bond donors (Lipinski definition) is 1. The Balaban J connectivity index is 0.00000261. The highest BCUT2D eigenvalue weighted by Crippen LogP contribution is 2.27. The second-order valence-electron chi connectivity index (χ2n) is 7.62.